The first-order valence-corrected chi connectivity index (χ1v) is 12.2. The maximum Gasteiger partial charge on any atom is 0.258 e. The number of hydrogen-bond donors (Lipinski definition) is 0. The van der Waals surface area contributed by atoms with Gasteiger partial charge in [0, 0.05) is 55.6 Å². The van der Waals surface area contributed by atoms with Gasteiger partial charge in [0.2, 0.25) is 0 Å². The van der Waals surface area contributed by atoms with E-state index in [0.29, 0.717) is 66.1 Å². The van der Waals surface area contributed by atoms with Crippen LogP contribution in [0, 0.1) is 5.92 Å². The van der Waals surface area contributed by atoms with Crippen LogP contribution in [0.15, 0.2) is 47.4 Å². The van der Waals surface area contributed by atoms with Crippen LogP contribution in [0.2, 0.25) is 0 Å². The zero-order chi connectivity index (χ0) is 26.0. The van der Waals surface area contributed by atoms with E-state index in [4.69, 9.17) is 9.47 Å². The first-order valence-electron chi connectivity index (χ1n) is 12.2. The lowest BCUT2D eigenvalue weighted by Gasteiger charge is -2.36. The molecule has 0 bridgehead atoms. The molecule has 0 spiro atoms. The third-order valence-electron chi connectivity index (χ3n) is 6.59. The Morgan fingerprint density at radius 2 is 1.50 bits per heavy atom. The van der Waals surface area contributed by atoms with Gasteiger partial charge >= 0.3 is 0 Å². The number of amides is 1. The Morgan fingerprint density at radius 3 is 2.03 bits per heavy atom. The standard InChI is InChI=1S/C28H33N3O5/c1-18(2)16-31-17-24(22-14-25(35-4)26(36-5)15-23(22)27(31)33)28(34)30-12-10-29(11-13-30)21-8-6-20(7-9-21)19(3)32/h6-9,14-15,17-18H,10-13,16H2,1-5H3. The summed E-state index contributed by atoms with van der Waals surface area (Å²) < 4.78 is 12.5. The molecule has 1 aliphatic heterocycles. The van der Waals surface area contributed by atoms with Crippen molar-refractivity contribution in [1.29, 1.82) is 0 Å². The molecule has 0 aliphatic carbocycles. The molecule has 3 aromatic rings. The second-order valence-electron chi connectivity index (χ2n) is 9.53. The molecular formula is C28H33N3O5. The summed E-state index contributed by atoms with van der Waals surface area (Å²) in [6.07, 6.45) is 1.69. The minimum Gasteiger partial charge on any atom is -0.493 e. The fourth-order valence-corrected chi connectivity index (χ4v) is 4.66. The molecule has 0 saturated carbocycles. The molecule has 8 heteroatoms. The number of fused-ring (bicyclic) bond motifs is 1. The number of ether oxygens (including phenoxy) is 2. The van der Waals surface area contributed by atoms with Crippen LogP contribution in [-0.2, 0) is 6.54 Å². The molecule has 8 nitrogen and oxygen atoms in total. The lowest BCUT2D eigenvalue weighted by Crippen LogP contribution is -2.49. The van der Waals surface area contributed by atoms with E-state index in [0.717, 1.165) is 5.69 Å². The first kappa shape index (κ1) is 25.3. The predicted octanol–water partition coefficient (Wildman–Crippen LogP) is 3.84. The Kier molecular flexibility index (Phi) is 7.33. The predicted molar refractivity (Wildman–Crippen MR) is 141 cm³/mol. The van der Waals surface area contributed by atoms with E-state index in [1.807, 2.05) is 43.0 Å². The molecule has 1 fully saturated rings. The van der Waals surface area contributed by atoms with Crippen molar-refractivity contribution in [2.45, 2.75) is 27.3 Å². The van der Waals surface area contributed by atoms with Crippen LogP contribution < -0.4 is 19.9 Å². The number of Topliss-reactive ketones (excluding diaryl/α,β-unsaturated/α-hetero) is 1. The highest BCUT2D eigenvalue weighted by molar-refractivity contribution is 6.07. The van der Waals surface area contributed by atoms with Crippen LogP contribution in [0.3, 0.4) is 0 Å². The Labute approximate surface area is 211 Å². The third-order valence-corrected chi connectivity index (χ3v) is 6.59. The number of anilines is 1. The molecule has 0 radical (unpaired) electrons. The highest BCUT2D eigenvalue weighted by Gasteiger charge is 2.26. The lowest BCUT2D eigenvalue weighted by molar-refractivity contribution is 0.0747. The van der Waals surface area contributed by atoms with Gasteiger partial charge in [-0.2, -0.15) is 0 Å². The fraction of sp³-hybridized carbons (Fsp3) is 0.393. The molecule has 190 valence electrons. The molecule has 1 amide bonds. The Morgan fingerprint density at radius 1 is 0.917 bits per heavy atom. The largest absolute Gasteiger partial charge is 0.493 e. The van der Waals surface area contributed by atoms with Gasteiger partial charge in [0.05, 0.1) is 25.2 Å². The highest BCUT2D eigenvalue weighted by Crippen LogP contribution is 2.33. The number of carbonyl (C=O) groups excluding carboxylic acids is 2. The average Bonchev–Trinajstić information content (AvgIpc) is 2.89. The molecule has 2 aromatic carbocycles. The van der Waals surface area contributed by atoms with Gasteiger partial charge in [-0.1, -0.05) is 13.8 Å². The number of benzene rings is 2. The van der Waals surface area contributed by atoms with Gasteiger partial charge in [-0.05, 0) is 49.2 Å². The van der Waals surface area contributed by atoms with Crippen molar-refractivity contribution in [3.05, 3.63) is 64.1 Å². The fourth-order valence-electron chi connectivity index (χ4n) is 4.66. The monoisotopic (exact) mass is 491 g/mol. The topological polar surface area (TPSA) is 81.1 Å². The maximum absolute atomic E-state index is 13.8. The van der Waals surface area contributed by atoms with E-state index in [9.17, 15) is 14.4 Å². The smallest absolute Gasteiger partial charge is 0.258 e. The second kappa shape index (κ2) is 10.4. The minimum absolute atomic E-state index is 0.0391. The van der Waals surface area contributed by atoms with E-state index >= 15 is 0 Å². The first-order chi connectivity index (χ1) is 17.2. The van der Waals surface area contributed by atoms with E-state index < -0.39 is 0 Å². The van der Waals surface area contributed by atoms with Crippen molar-refractivity contribution in [1.82, 2.24) is 9.47 Å². The molecule has 1 aliphatic rings. The molecule has 36 heavy (non-hydrogen) atoms. The molecular weight excluding hydrogens is 458 g/mol. The van der Waals surface area contributed by atoms with Crippen LogP contribution in [0.5, 0.6) is 11.5 Å². The third kappa shape index (κ3) is 4.94. The molecule has 1 saturated heterocycles. The van der Waals surface area contributed by atoms with Gasteiger partial charge in [0.15, 0.2) is 17.3 Å². The number of pyridine rings is 1. The van der Waals surface area contributed by atoms with Gasteiger partial charge < -0.3 is 23.8 Å². The van der Waals surface area contributed by atoms with Gasteiger partial charge in [-0.3, -0.25) is 14.4 Å². The number of nitrogens with zero attached hydrogens (tertiary/aromatic N) is 3. The van der Waals surface area contributed by atoms with Crippen LogP contribution in [-0.4, -0.2) is 61.6 Å². The van der Waals surface area contributed by atoms with Crippen molar-refractivity contribution in [3.8, 4) is 11.5 Å². The molecule has 4 rings (SSSR count). The van der Waals surface area contributed by atoms with E-state index in [1.165, 1.54) is 14.2 Å². The van der Waals surface area contributed by atoms with Crippen LogP contribution in [0.1, 0.15) is 41.5 Å². The molecule has 0 N–H and O–H groups in total. The second-order valence-corrected chi connectivity index (χ2v) is 9.53. The number of ketones is 1. The van der Waals surface area contributed by atoms with Crippen molar-refractivity contribution in [2.75, 3.05) is 45.3 Å². The van der Waals surface area contributed by atoms with Gasteiger partial charge in [0.25, 0.3) is 11.5 Å². The summed E-state index contributed by atoms with van der Waals surface area (Å²) in [7, 11) is 3.06. The highest BCUT2D eigenvalue weighted by atomic mass is 16.5. The number of hydrogen-bond acceptors (Lipinski definition) is 6. The zero-order valence-corrected chi connectivity index (χ0v) is 21.5. The molecule has 2 heterocycles. The Hall–Kier alpha value is -3.81. The summed E-state index contributed by atoms with van der Waals surface area (Å²) in [4.78, 5) is 42.6. The number of aromatic nitrogens is 1. The number of piperazine rings is 1. The summed E-state index contributed by atoms with van der Waals surface area (Å²) in [6, 6.07) is 10.9. The van der Waals surface area contributed by atoms with Gasteiger partial charge in [-0.15, -0.1) is 0 Å². The van der Waals surface area contributed by atoms with Gasteiger partial charge in [0.1, 0.15) is 0 Å². The SMILES string of the molecule is COc1cc2c(C(=O)N3CCN(c4ccc(C(C)=O)cc4)CC3)cn(CC(C)C)c(=O)c2cc1OC. The summed E-state index contributed by atoms with van der Waals surface area (Å²) in [5.41, 5.74) is 2.03. The minimum atomic E-state index is -0.157. The number of carbonyl (C=O) groups is 2. The van der Waals surface area contributed by atoms with Crippen molar-refractivity contribution in [3.63, 3.8) is 0 Å². The summed E-state index contributed by atoms with van der Waals surface area (Å²) in [6.45, 7) is 8.57. The Bertz CT molecular complexity index is 1340. The normalized spacial score (nSPS) is 13.8. The summed E-state index contributed by atoms with van der Waals surface area (Å²) in [5, 5.41) is 0.994. The summed E-state index contributed by atoms with van der Waals surface area (Å²) >= 11 is 0. The zero-order valence-electron chi connectivity index (χ0n) is 21.5. The van der Waals surface area contributed by atoms with Crippen LogP contribution in [0.25, 0.3) is 10.8 Å². The van der Waals surface area contributed by atoms with E-state index in [2.05, 4.69) is 4.90 Å². The molecule has 0 atom stereocenters. The summed E-state index contributed by atoms with van der Waals surface area (Å²) in [5.74, 6) is 1.08. The van der Waals surface area contributed by atoms with E-state index in [-0.39, 0.29) is 23.2 Å². The quantitative estimate of drug-likeness (QED) is 0.467. The van der Waals surface area contributed by atoms with E-state index in [1.54, 1.807) is 29.8 Å². The maximum atomic E-state index is 13.8. The number of rotatable bonds is 7. The van der Waals surface area contributed by atoms with Crippen LogP contribution >= 0.6 is 0 Å². The lowest BCUT2D eigenvalue weighted by atomic mass is 10.0. The van der Waals surface area contributed by atoms with Gasteiger partial charge in [-0.25, -0.2) is 0 Å². The number of methoxy groups -OCH3 is 2. The molecule has 0 unspecified atom stereocenters. The van der Waals surface area contributed by atoms with Crippen LogP contribution in [0.4, 0.5) is 5.69 Å². The van der Waals surface area contributed by atoms with Crippen molar-refractivity contribution < 1.29 is 19.1 Å². The molecule has 1 aromatic heterocycles. The Balaban J connectivity index is 1.65. The van der Waals surface area contributed by atoms with Crippen molar-refractivity contribution >= 4 is 28.2 Å². The van der Waals surface area contributed by atoms with Crippen molar-refractivity contribution in [2.24, 2.45) is 5.92 Å². The average molecular weight is 492 g/mol.